The zero-order chi connectivity index (χ0) is 19.4. The SMILES string of the molecule is CC(=O)Nc1cccc(NS(=O)(=O)c2cccc(C(=O)N3CCCC3)c2)c1. The van der Waals surface area contributed by atoms with Crippen LogP contribution in [0, 0.1) is 0 Å². The average molecular weight is 387 g/mol. The minimum atomic E-state index is -3.87. The molecule has 2 aromatic rings. The van der Waals surface area contributed by atoms with Gasteiger partial charge in [-0.25, -0.2) is 8.42 Å². The summed E-state index contributed by atoms with van der Waals surface area (Å²) in [5.41, 5.74) is 1.16. The van der Waals surface area contributed by atoms with Crippen molar-refractivity contribution in [1.82, 2.24) is 4.90 Å². The lowest BCUT2D eigenvalue weighted by Gasteiger charge is -2.16. The van der Waals surface area contributed by atoms with Crippen LogP contribution in [0.1, 0.15) is 30.1 Å². The van der Waals surface area contributed by atoms with E-state index in [-0.39, 0.29) is 16.7 Å². The number of likely N-dealkylation sites (tertiary alicyclic amines) is 1. The van der Waals surface area contributed by atoms with Crippen LogP contribution in [0.25, 0.3) is 0 Å². The number of hydrogen-bond acceptors (Lipinski definition) is 4. The Labute approximate surface area is 158 Å². The number of nitrogens with one attached hydrogen (secondary N) is 2. The molecule has 1 heterocycles. The summed E-state index contributed by atoms with van der Waals surface area (Å²) in [6.45, 7) is 2.77. The summed E-state index contributed by atoms with van der Waals surface area (Å²) < 4.78 is 27.9. The molecule has 7 nitrogen and oxygen atoms in total. The van der Waals surface area contributed by atoms with Crippen LogP contribution in [0.2, 0.25) is 0 Å². The van der Waals surface area contributed by atoms with E-state index in [4.69, 9.17) is 0 Å². The fourth-order valence-corrected chi connectivity index (χ4v) is 4.07. The second-order valence-electron chi connectivity index (χ2n) is 6.39. The summed E-state index contributed by atoms with van der Waals surface area (Å²) in [4.78, 5) is 25.4. The maximum Gasteiger partial charge on any atom is 0.261 e. The first-order valence-corrected chi connectivity index (χ1v) is 10.1. The summed E-state index contributed by atoms with van der Waals surface area (Å²) in [5, 5.41) is 2.60. The molecule has 3 rings (SSSR count). The van der Waals surface area contributed by atoms with Gasteiger partial charge in [0.25, 0.3) is 15.9 Å². The molecule has 0 aromatic heterocycles. The molecule has 1 aliphatic heterocycles. The molecule has 0 bridgehead atoms. The molecule has 2 N–H and O–H groups in total. The van der Waals surface area contributed by atoms with Crippen LogP contribution in [0.15, 0.2) is 53.4 Å². The van der Waals surface area contributed by atoms with Gasteiger partial charge in [0.2, 0.25) is 5.91 Å². The Kier molecular flexibility index (Phi) is 5.46. The Morgan fingerprint density at radius 3 is 2.33 bits per heavy atom. The molecule has 0 spiro atoms. The molecule has 142 valence electrons. The fourth-order valence-electron chi connectivity index (χ4n) is 2.98. The number of carbonyl (C=O) groups excluding carboxylic acids is 2. The van der Waals surface area contributed by atoms with Gasteiger partial charge < -0.3 is 10.2 Å². The van der Waals surface area contributed by atoms with E-state index in [1.807, 2.05) is 0 Å². The Morgan fingerprint density at radius 1 is 0.963 bits per heavy atom. The number of rotatable bonds is 5. The van der Waals surface area contributed by atoms with Gasteiger partial charge in [0.1, 0.15) is 0 Å². The number of carbonyl (C=O) groups is 2. The molecular weight excluding hydrogens is 366 g/mol. The van der Waals surface area contributed by atoms with Crippen molar-refractivity contribution in [2.75, 3.05) is 23.1 Å². The van der Waals surface area contributed by atoms with Gasteiger partial charge in [0.15, 0.2) is 0 Å². The van der Waals surface area contributed by atoms with Crippen LogP contribution in [0.5, 0.6) is 0 Å². The van der Waals surface area contributed by atoms with Crippen LogP contribution in [-0.2, 0) is 14.8 Å². The van der Waals surface area contributed by atoms with E-state index in [1.54, 1.807) is 35.2 Å². The van der Waals surface area contributed by atoms with E-state index >= 15 is 0 Å². The summed E-state index contributed by atoms with van der Waals surface area (Å²) >= 11 is 0. The van der Waals surface area contributed by atoms with Gasteiger partial charge in [-0.3, -0.25) is 14.3 Å². The van der Waals surface area contributed by atoms with Crippen LogP contribution in [-0.4, -0.2) is 38.2 Å². The van der Waals surface area contributed by atoms with Gasteiger partial charge in [-0.1, -0.05) is 12.1 Å². The lowest BCUT2D eigenvalue weighted by Crippen LogP contribution is -2.27. The van der Waals surface area contributed by atoms with E-state index < -0.39 is 10.0 Å². The second-order valence-corrected chi connectivity index (χ2v) is 8.08. The molecule has 0 aliphatic carbocycles. The first kappa shape index (κ1) is 18.9. The van der Waals surface area contributed by atoms with Crippen molar-refractivity contribution in [3.8, 4) is 0 Å². The molecular formula is C19H21N3O4S. The number of nitrogens with zero attached hydrogens (tertiary/aromatic N) is 1. The standard InChI is InChI=1S/C19H21N3O4S/c1-14(23)20-16-7-5-8-17(13-16)21-27(25,26)18-9-4-6-15(12-18)19(24)22-10-2-3-11-22/h4-9,12-13,21H,2-3,10-11H2,1H3,(H,20,23). The van der Waals surface area contributed by atoms with Crippen LogP contribution >= 0.6 is 0 Å². The van der Waals surface area contributed by atoms with Crippen molar-refractivity contribution in [3.63, 3.8) is 0 Å². The highest BCUT2D eigenvalue weighted by Crippen LogP contribution is 2.21. The molecule has 8 heteroatoms. The van der Waals surface area contributed by atoms with Crippen molar-refractivity contribution < 1.29 is 18.0 Å². The van der Waals surface area contributed by atoms with Gasteiger partial charge in [-0.2, -0.15) is 0 Å². The lowest BCUT2D eigenvalue weighted by atomic mass is 10.2. The maximum absolute atomic E-state index is 12.7. The van der Waals surface area contributed by atoms with Crippen LogP contribution in [0.3, 0.4) is 0 Å². The topological polar surface area (TPSA) is 95.6 Å². The van der Waals surface area contributed by atoms with Crippen LogP contribution < -0.4 is 10.0 Å². The van der Waals surface area contributed by atoms with Crippen LogP contribution in [0.4, 0.5) is 11.4 Å². The number of amides is 2. The highest BCUT2D eigenvalue weighted by molar-refractivity contribution is 7.92. The second kappa shape index (κ2) is 7.79. The normalized spacial score (nSPS) is 14.0. The van der Waals surface area contributed by atoms with Crippen molar-refractivity contribution in [1.29, 1.82) is 0 Å². The number of sulfonamides is 1. The minimum absolute atomic E-state index is 0.0116. The largest absolute Gasteiger partial charge is 0.339 e. The summed E-state index contributed by atoms with van der Waals surface area (Å²) in [5.74, 6) is -0.402. The zero-order valence-electron chi connectivity index (χ0n) is 14.9. The number of benzene rings is 2. The molecule has 1 fully saturated rings. The summed E-state index contributed by atoms with van der Waals surface area (Å²) in [7, 11) is -3.87. The summed E-state index contributed by atoms with van der Waals surface area (Å²) in [6, 6.07) is 12.4. The maximum atomic E-state index is 12.7. The van der Waals surface area contributed by atoms with E-state index in [1.165, 1.54) is 25.1 Å². The van der Waals surface area contributed by atoms with Crippen molar-refractivity contribution in [2.24, 2.45) is 0 Å². The smallest absolute Gasteiger partial charge is 0.261 e. The fraction of sp³-hybridized carbons (Fsp3) is 0.263. The Balaban J connectivity index is 1.82. The predicted octanol–water partition coefficient (Wildman–Crippen LogP) is 2.68. The van der Waals surface area contributed by atoms with Crippen molar-refractivity contribution >= 4 is 33.2 Å². The first-order valence-electron chi connectivity index (χ1n) is 8.65. The van der Waals surface area contributed by atoms with Gasteiger partial charge in [0.05, 0.1) is 10.6 Å². The van der Waals surface area contributed by atoms with Gasteiger partial charge in [-0.05, 0) is 49.2 Å². The van der Waals surface area contributed by atoms with Gasteiger partial charge >= 0.3 is 0 Å². The third-order valence-corrected chi connectivity index (χ3v) is 5.60. The van der Waals surface area contributed by atoms with E-state index in [2.05, 4.69) is 10.0 Å². The first-order chi connectivity index (χ1) is 12.8. The van der Waals surface area contributed by atoms with Gasteiger partial charge in [-0.15, -0.1) is 0 Å². The third kappa shape index (κ3) is 4.65. The summed E-state index contributed by atoms with van der Waals surface area (Å²) in [6.07, 6.45) is 1.94. The minimum Gasteiger partial charge on any atom is -0.339 e. The molecule has 1 saturated heterocycles. The Bertz CT molecular complexity index is 966. The number of hydrogen-bond donors (Lipinski definition) is 2. The predicted molar refractivity (Wildman–Crippen MR) is 103 cm³/mol. The molecule has 0 saturated carbocycles. The molecule has 1 aliphatic rings. The Hall–Kier alpha value is -2.87. The van der Waals surface area contributed by atoms with Crippen molar-refractivity contribution in [3.05, 3.63) is 54.1 Å². The quantitative estimate of drug-likeness (QED) is 0.824. The lowest BCUT2D eigenvalue weighted by molar-refractivity contribution is -0.114. The highest BCUT2D eigenvalue weighted by atomic mass is 32.2. The van der Waals surface area contributed by atoms with E-state index in [9.17, 15) is 18.0 Å². The highest BCUT2D eigenvalue weighted by Gasteiger charge is 2.22. The molecule has 0 atom stereocenters. The Morgan fingerprint density at radius 2 is 1.63 bits per heavy atom. The van der Waals surface area contributed by atoms with Gasteiger partial charge in [0, 0.05) is 31.3 Å². The molecule has 0 radical (unpaired) electrons. The van der Waals surface area contributed by atoms with E-state index in [0.29, 0.717) is 30.0 Å². The average Bonchev–Trinajstić information content (AvgIpc) is 3.15. The monoisotopic (exact) mass is 387 g/mol. The molecule has 2 aromatic carbocycles. The van der Waals surface area contributed by atoms with E-state index in [0.717, 1.165) is 12.8 Å². The number of anilines is 2. The third-order valence-electron chi connectivity index (χ3n) is 4.22. The molecule has 0 unspecified atom stereocenters. The van der Waals surface area contributed by atoms with Crippen molar-refractivity contribution in [2.45, 2.75) is 24.7 Å². The zero-order valence-corrected chi connectivity index (χ0v) is 15.8. The molecule has 2 amide bonds. The molecule has 27 heavy (non-hydrogen) atoms.